The number of carbonyl (C=O) groups excluding carboxylic acids is 1. The average Bonchev–Trinajstić information content (AvgIpc) is 2.28. The largest absolute Gasteiger partial charge is 0.299 e. The Morgan fingerprint density at radius 1 is 0.933 bits per heavy atom. The Morgan fingerprint density at radius 2 is 1.80 bits per heavy atom. The molecule has 3 rings (SSSR count). The van der Waals surface area contributed by atoms with Gasteiger partial charge in [0.05, 0.1) is 0 Å². The van der Waals surface area contributed by atoms with Crippen LogP contribution in [0.5, 0.6) is 0 Å². The van der Waals surface area contributed by atoms with E-state index in [4.69, 9.17) is 0 Å². The smallest absolute Gasteiger partial charge is 0.137 e. The molecule has 1 aliphatic carbocycles. The fraction of sp³-hybridized carbons (Fsp3) is 0.214. The Kier molecular flexibility index (Phi) is 1.84. The lowest BCUT2D eigenvalue weighted by molar-refractivity contribution is -0.118. The lowest BCUT2D eigenvalue weighted by Gasteiger charge is -2.16. The monoisotopic (exact) mass is 196 g/mol. The second kappa shape index (κ2) is 3.20. The first-order chi connectivity index (χ1) is 7.34. The number of Topliss-reactive ketones (excluding diaryl/α,β-unsaturated/α-hetero) is 1. The first kappa shape index (κ1) is 8.66. The summed E-state index contributed by atoms with van der Waals surface area (Å²) in [5, 5.41) is 2.60. The molecule has 2 aromatic rings. The molecule has 1 nitrogen and oxygen atoms in total. The zero-order valence-corrected chi connectivity index (χ0v) is 8.49. The molecule has 1 aliphatic rings. The number of hydrogen-bond acceptors (Lipinski definition) is 1. The summed E-state index contributed by atoms with van der Waals surface area (Å²) in [6.45, 7) is 0. The summed E-state index contributed by atoms with van der Waals surface area (Å²) in [5.74, 6) is 0.373. The van der Waals surface area contributed by atoms with Crippen LogP contribution in [0.4, 0.5) is 0 Å². The molecule has 0 bridgehead atoms. The average molecular weight is 196 g/mol. The Bertz CT molecular complexity index is 540. The molecular formula is C14H12O. The first-order valence-corrected chi connectivity index (χ1v) is 5.36. The molecule has 1 heteroatoms. The van der Waals surface area contributed by atoms with Crippen LogP contribution in [-0.4, -0.2) is 5.78 Å². The standard InChI is InChI=1S/C14H12O/c15-12-7-8-14-11(9-12)6-5-10-3-1-2-4-13(10)14/h1-6H,7-9H2. The molecule has 0 N–H and O–H groups in total. The molecule has 0 saturated heterocycles. The van der Waals surface area contributed by atoms with Crippen LogP contribution in [0.25, 0.3) is 10.8 Å². The van der Waals surface area contributed by atoms with Crippen LogP contribution in [-0.2, 0) is 17.6 Å². The van der Waals surface area contributed by atoms with Gasteiger partial charge >= 0.3 is 0 Å². The third-order valence-electron chi connectivity index (χ3n) is 3.18. The van der Waals surface area contributed by atoms with Crippen molar-refractivity contribution >= 4 is 16.6 Å². The molecule has 74 valence electrons. The second-order valence-electron chi connectivity index (χ2n) is 4.14. The maximum Gasteiger partial charge on any atom is 0.137 e. The Hall–Kier alpha value is -1.63. The van der Waals surface area contributed by atoms with Gasteiger partial charge in [0.25, 0.3) is 0 Å². The van der Waals surface area contributed by atoms with Crippen LogP contribution < -0.4 is 0 Å². The molecule has 0 fully saturated rings. The van der Waals surface area contributed by atoms with Crippen molar-refractivity contribution in [3.05, 3.63) is 47.5 Å². The summed E-state index contributed by atoms with van der Waals surface area (Å²) >= 11 is 0. The molecule has 0 unspecified atom stereocenters. The summed E-state index contributed by atoms with van der Waals surface area (Å²) in [6.07, 6.45) is 2.25. The Labute approximate surface area is 88.7 Å². The van der Waals surface area contributed by atoms with Crippen molar-refractivity contribution in [1.82, 2.24) is 0 Å². The van der Waals surface area contributed by atoms with Crippen LogP contribution in [0.3, 0.4) is 0 Å². The highest BCUT2D eigenvalue weighted by molar-refractivity contribution is 5.91. The quantitative estimate of drug-likeness (QED) is 0.633. The van der Waals surface area contributed by atoms with Crippen molar-refractivity contribution in [3.63, 3.8) is 0 Å². The van der Waals surface area contributed by atoms with Gasteiger partial charge in [0, 0.05) is 12.8 Å². The molecule has 0 amide bonds. The van der Waals surface area contributed by atoms with Crippen molar-refractivity contribution in [2.75, 3.05) is 0 Å². The van der Waals surface area contributed by atoms with E-state index in [0.29, 0.717) is 18.6 Å². The molecule has 0 aliphatic heterocycles. The number of aryl methyl sites for hydroxylation is 1. The Balaban J connectivity index is 2.30. The topological polar surface area (TPSA) is 17.1 Å². The van der Waals surface area contributed by atoms with Gasteiger partial charge in [-0.05, 0) is 28.3 Å². The fourth-order valence-electron chi connectivity index (χ4n) is 2.41. The highest BCUT2D eigenvalue weighted by Gasteiger charge is 2.16. The molecule has 0 aromatic heterocycles. The molecule has 2 aromatic carbocycles. The van der Waals surface area contributed by atoms with E-state index >= 15 is 0 Å². The molecule has 0 saturated carbocycles. The summed E-state index contributed by atoms with van der Waals surface area (Å²) in [5.41, 5.74) is 2.61. The third kappa shape index (κ3) is 1.35. The zero-order valence-electron chi connectivity index (χ0n) is 8.49. The van der Waals surface area contributed by atoms with Crippen LogP contribution in [0, 0.1) is 0 Å². The predicted octanol–water partition coefficient (Wildman–Crippen LogP) is 2.90. The molecule has 15 heavy (non-hydrogen) atoms. The van der Waals surface area contributed by atoms with Gasteiger partial charge in [0.15, 0.2) is 0 Å². The predicted molar refractivity (Wildman–Crippen MR) is 61.0 cm³/mol. The second-order valence-corrected chi connectivity index (χ2v) is 4.14. The summed E-state index contributed by atoms with van der Waals surface area (Å²) < 4.78 is 0. The van der Waals surface area contributed by atoms with Crippen molar-refractivity contribution in [2.24, 2.45) is 0 Å². The Morgan fingerprint density at radius 3 is 2.73 bits per heavy atom. The minimum atomic E-state index is 0.373. The summed E-state index contributed by atoms with van der Waals surface area (Å²) in [7, 11) is 0. The van der Waals surface area contributed by atoms with Crippen molar-refractivity contribution < 1.29 is 4.79 Å². The van der Waals surface area contributed by atoms with Gasteiger partial charge < -0.3 is 0 Å². The van der Waals surface area contributed by atoms with E-state index in [1.807, 2.05) is 0 Å². The number of ketones is 1. The maximum absolute atomic E-state index is 11.4. The van der Waals surface area contributed by atoms with E-state index < -0.39 is 0 Å². The van der Waals surface area contributed by atoms with E-state index in [1.54, 1.807) is 0 Å². The van der Waals surface area contributed by atoms with E-state index in [9.17, 15) is 4.79 Å². The molecule has 0 atom stereocenters. The van der Waals surface area contributed by atoms with Gasteiger partial charge in [0.2, 0.25) is 0 Å². The molecular weight excluding hydrogens is 184 g/mol. The van der Waals surface area contributed by atoms with Gasteiger partial charge in [-0.25, -0.2) is 0 Å². The van der Waals surface area contributed by atoms with Gasteiger partial charge in [-0.15, -0.1) is 0 Å². The van der Waals surface area contributed by atoms with Crippen molar-refractivity contribution in [1.29, 1.82) is 0 Å². The minimum absolute atomic E-state index is 0.373. The summed E-state index contributed by atoms with van der Waals surface area (Å²) in [4.78, 5) is 11.4. The first-order valence-electron chi connectivity index (χ1n) is 5.36. The molecule has 0 spiro atoms. The lowest BCUT2D eigenvalue weighted by Crippen LogP contribution is -2.13. The lowest BCUT2D eigenvalue weighted by atomic mass is 9.87. The summed E-state index contributed by atoms with van der Waals surface area (Å²) in [6, 6.07) is 12.6. The van der Waals surface area contributed by atoms with Gasteiger partial charge in [-0.3, -0.25) is 4.79 Å². The number of rotatable bonds is 0. The van der Waals surface area contributed by atoms with Crippen LogP contribution in [0.15, 0.2) is 36.4 Å². The maximum atomic E-state index is 11.4. The van der Waals surface area contributed by atoms with Gasteiger partial charge in [0.1, 0.15) is 5.78 Å². The van der Waals surface area contributed by atoms with E-state index in [0.717, 1.165) is 6.42 Å². The number of fused-ring (bicyclic) bond motifs is 3. The van der Waals surface area contributed by atoms with Crippen molar-refractivity contribution in [2.45, 2.75) is 19.3 Å². The molecule has 0 heterocycles. The third-order valence-corrected chi connectivity index (χ3v) is 3.18. The van der Waals surface area contributed by atoms with Crippen molar-refractivity contribution in [3.8, 4) is 0 Å². The van der Waals surface area contributed by atoms with Crippen LogP contribution >= 0.6 is 0 Å². The fourth-order valence-corrected chi connectivity index (χ4v) is 2.41. The number of hydrogen-bond donors (Lipinski definition) is 0. The highest BCUT2D eigenvalue weighted by Crippen LogP contribution is 2.27. The zero-order chi connectivity index (χ0) is 10.3. The number of carbonyl (C=O) groups is 1. The normalized spacial score (nSPS) is 15.3. The van der Waals surface area contributed by atoms with Gasteiger partial charge in [-0.1, -0.05) is 36.4 Å². The van der Waals surface area contributed by atoms with E-state index in [1.165, 1.54) is 21.9 Å². The van der Waals surface area contributed by atoms with E-state index in [-0.39, 0.29) is 0 Å². The van der Waals surface area contributed by atoms with Gasteiger partial charge in [-0.2, -0.15) is 0 Å². The van der Waals surface area contributed by atoms with Crippen LogP contribution in [0.1, 0.15) is 17.5 Å². The molecule has 0 radical (unpaired) electrons. The minimum Gasteiger partial charge on any atom is -0.299 e. The highest BCUT2D eigenvalue weighted by atomic mass is 16.1. The number of benzene rings is 2. The van der Waals surface area contributed by atoms with E-state index in [2.05, 4.69) is 36.4 Å². The van der Waals surface area contributed by atoms with Crippen LogP contribution in [0.2, 0.25) is 0 Å². The SMILES string of the molecule is O=C1CCc2c(ccc3ccccc23)C1.